The fourth-order valence-corrected chi connectivity index (χ4v) is 5.50. The summed E-state index contributed by atoms with van der Waals surface area (Å²) in [6, 6.07) is 5.86. The lowest BCUT2D eigenvalue weighted by atomic mass is 9.38. The predicted molar refractivity (Wildman–Crippen MR) is 116 cm³/mol. The Balaban J connectivity index is 1.06. The number of carbonyl (C=O) groups excluding carboxylic acids is 1. The minimum Gasteiger partial charge on any atom is -0.484 e. The van der Waals surface area contributed by atoms with Crippen LogP contribution in [-0.2, 0) is 22.0 Å². The molecule has 0 radical (unpaired) electrons. The Morgan fingerprint density at radius 1 is 1.23 bits per heavy atom. The number of rotatable bonds is 9. The summed E-state index contributed by atoms with van der Waals surface area (Å²) in [5, 5.41) is 7.55. The molecule has 2 aromatic rings. The lowest BCUT2D eigenvalue weighted by Crippen LogP contribution is -2.77. The number of aryl methyl sites for hydroxylation is 1. The Hall–Kier alpha value is -2.53. The summed E-state index contributed by atoms with van der Waals surface area (Å²) in [6.45, 7) is 0.0780. The van der Waals surface area contributed by atoms with Gasteiger partial charge in [-0.05, 0) is 50.2 Å². The Morgan fingerprint density at radius 2 is 1.94 bits per heavy atom. The van der Waals surface area contributed by atoms with Crippen LogP contribution in [0.3, 0.4) is 0 Å². The quantitative estimate of drug-likeness (QED) is 0.503. The van der Waals surface area contributed by atoms with E-state index in [1.807, 2.05) is 6.07 Å². The average Bonchev–Trinajstić information content (AvgIpc) is 3.05. The summed E-state index contributed by atoms with van der Waals surface area (Å²) in [5.74, 6) is -0.0984. The normalized spacial score (nSPS) is 29.0. The number of aromatic nitrogens is 2. The van der Waals surface area contributed by atoms with E-state index in [1.165, 1.54) is 12.1 Å². The first-order chi connectivity index (χ1) is 16.4. The summed E-state index contributed by atoms with van der Waals surface area (Å²) >= 11 is 5.64. The molecule has 35 heavy (non-hydrogen) atoms. The molecule has 1 N–H and O–H groups in total. The summed E-state index contributed by atoms with van der Waals surface area (Å²) < 4.78 is 67.0. The van der Waals surface area contributed by atoms with Gasteiger partial charge in [0.05, 0.1) is 23.4 Å². The molecule has 0 aliphatic heterocycles. The van der Waals surface area contributed by atoms with Crippen molar-refractivity contribution in [3.63, 3.8) is 0 Å². The van der Waals surface area contributed by atoms with Gasteiger partial charge in [-0.2, -0.15) is 5.10 Å². The maximum Gasteiger partial charge on any atom is 0.522 e. The van der Waals surface area contributed by atoms with Gasteiger partial charge >= 0.3 is 6.36 Å². The number of amides is 1. The van der Waals surface area contributed by atoms with Crippen molar-refractivity contribution in [2.24, 2.45) is 13.0 Å². The highest BCUT2D eigenvalue weighted by atomic mass is 35.5. The molecule has 1 aromatic carbocycles. The van der Waals surface area contributed by atoms with Gasteiger partial charge in [0.25, 0.3) is 5.91 Å². The molecular formula is C23H24ClF4N3O4. The fourth-order valence-electron chi connectivity index (χ4n) is 5.38. The molecule has 0 unspecified atom stereocenters. The van der Waals surface area contributed by atoms with E-state index >= 15 is 0 Å². The van der Waals surface area contributed by atoms with Crippen molar-refractivity contribution in [1.82, 2.24) is 15.1 Å². The standard InChI is InChI=1S/C23H24ClF4N3O4/c1-31-20(34-8-13-4-15(5-13)35-23(26,27)28)7-18(30-31)21-10-22(11-21,12-21)29-19(32)9-33-14-2-3-16(24)17(25)6-14/h2-3,6-7,13,15H,4-5,8-12H2,1H3,(H,29,32). The molecule has 1 amide bonds. The van der Waals surface area contributed by atoms with Gasteiger partial charge in [0, 0.05) is 30.1 Å². The fraction of sp³-hybridized carbons (Fsp3) is 0.565. The number of nitrogens with one attached hydrogen (secondary N) is 1. The number of hydrogen-bond acceptors (Lipinski definition) is 5. The third-order valence-corrected chi connectivity index (χ3v) is 7.34. The van der Waals surface area contributed by atoms with Crippen molar-refractivity contribution in [2.75, 3.05) is 13.2 Å². The van der Waals surface area contributed by atoms with Crippen LogP contribution in [0.25, 0.3) is 0 Å². The van der Waals surface area contributed by atoms with Crippen molar-refractivity contribution in [2.45, 2.75) is 55.5 Å². The molecule has 0 atom stereocenters. The second kappa shape index (κ2) is 8.55. The van der Waals surface area contributed by atoms with E-state index in [4.69, 9.17) is 21.1 Å². The first-order valence-electron chi connectivity index (χ1n) is 11.3. The lowest BCUT2D eigenvalue weighted by molar-refractivity contribution is -0.354. The van der Waals surface area contributed by atoms with E-state index in [1.54, 1.807) is 11.7 Å². The Morgan fingerprint density at radius 3 is 2.60 bits per heavy atom. The molecule has 0 saturated heterocycles. The van der Waals surface area contributed by atoms with Crippen molar-refractivity contribution in [3.05, 3.63) is 40.8 Å². The van der Waals surface area contributed by atoms with E-state index in [-0.39, 0.29) is 40.2 Å². The molecule has 4 aliphatic carbocycles. The first kappa shape index (κ1) is 24.2. The Kier molecular flexibility index (Phi) is 5.90. The molecule has 1 heterocycles. The van der Waals surface area contributed by atoms with Crippen LogP contribution in [-0.4, -0.2) is 46.9 Å². The topological polar surface area (TPSA) is 74.6 Å². The highest BCUT2D eigenvalue weighted by Gasteiger charge is 2.70. The zero-order chi connectivity index (χ0) is 25.0. The molecule has 4 aliphatic rings. The number of carbonyl (C=O) groups is 1. The third kappa shape index (κ3) is 4.93. The maximum atomic E-state index is 13.5. The van der Waals surface area contributed by atoms with E-state index < -0.39 is 18.3 Å². The van der Waals surface area contributed by atoms with Gasteiger partial charge in [0.1, 0.15) is 11.6 Å². The van der Waals surface area contributed by atoms with Gasteiger partial charge in [-0.15, -0.1) is 13.2 Å². The molecule has 4 fully saturated rings. The van der Waals surface area contributed by atoms with E-state index in [0.29, 0.717) is 25.3 Å². The molecule has 4 saturated carbocycles. The Bertz CT molecular complexity index is 1110. The van der Waals surface area contributed by atoms with Crippen molar-refractivity contribution >= 4 is 17.5 Å². The Labute approximate surface area is 203 Å². The minimum atomic E-state index is -4.60. The first-order valence-corrected chi connectivity index (χ1v) is 11.6. The lowest BCUT2D eigenvalue weighted by Gasteiger charge is -2.69. The smallest absolute Gasteiger partial charge is 0.484 e. The highest BCUT2D eigenvalue weighted by molar-refractivity contribution is 6.30. The number of ether oxygens (including phenoxy) is 3. The zero-order valence-corrected chi connectivity index (χ0v) is 19.6. The van der Waals surface area contributed by atoms with Crippen LogP contribution in [0.1, 0.15) is 37.8 Å². The minimum absolute atomic E-state index is 0.0146. The van der Waals surface area contributed by atoms with Gasteiger partial charge in [0.2, 0.25) is 5.88 Å². The molecule has 12 heteroatoms. The predicted octanol–water partition coefficient (Wildman–Crippen LogP) is 4.28. The van der Waals surface area contributed by atoms with Gasteiger partial charge in [-0.3, -0.25) is 9.53 Å². The van der Waals surface area contributed by atoms with E-state index in [9.17, 15) is 22.4 Å². The van der Waals surface area contributed by atoms with Crippen LogP contribution < -0.4 is 14.8 Å². The van der Waals surface area contributed by atoms with Crippen LogP contribution in [0.4, 0.5) is 17.6 Å². The number of nitrogens with zero attached hydrogens (tertiary/aromatic N) is 2. The summed E-state index contributed by atoms with van der Waals surface area (Å²) in [6.07, 6.45) is -2.53. The third-order valence-electron chi connectivity index (χ3n) is 7.04. The van der Waals surface area contributed by atoms with Crippen molar-refractivity contribution in [1.29, 1.82) is 0 Å². The van der Waals surface area contributed by atoms with Crippen LogP contribution in [0.15, 0.2) is 24.3 Å². The monoisotopic (exact) mass is 517 g/mol. The van der Waals surface area contributed by atoms with Gasteiger partial charge in [-0.25, -0.2) is 9.07 Å². The number of hydrogen-bond donors (Lipinski definition) is 1. The SMILES string of the molecule is Cn1nc(C23CC(NC(=O)COc4ccc(Cl)c(F)c4)(C2)C3)cc1OCC1CC(OC(F)(F)F)C1. The van der Waals surface area contributed by atoms with Gasteiger partial charge in [-0.1, -0.05) is 11.6 Å². The molecular weight excluding hydrogens is 494 g/mol. The van der Waals surface area contributed by atoms with Crippen LogP contribution in [0.5, 0.6) is 11.6 Å². The number of halogens is 5. The van der Waals surface area contributed by atoms with Crippen molar-refractivity contribution < 1.29 is 36.6 Å². The molecule has 190 valence electrons. The molecule has 0 spiro atoms. The largest absolute Gasteiger partial charge is 0.522 e. The van der Waals surface area contributed by atoms with Gasteiger partial charge in [0.15, 0.2) is 6.61 Å². The average molecular weight is 518 g/mol. The van der Waals surface area contributed by atoms with E-state index in [2.05, 4.69) is 15.2 Å². The summed E-state index contributed by atoms with van der Waals surface area (Å²) in [5.41, 5.74) is 0.476. The van der Waals surface area contributed by atoms with Crippen molar-refractivity contribution in [3.8, 4) is 11.6 Å². The number of alkyl halides is 3. The maximum absolute atomic E-state index is 13.5. The molecule has 1 aromatic heterocycles. The van der Waals surface area contributed by atoms with Crippen LogP contribution in [0, 0.1) is 11.7 Å². The highest BCUT2D eigenvalue weighted by Crippen LogP contribution is 2.67. The second-order valence-electron chi connectivity index (χ2n) is 9.83. The van der Waals surface area contributed by atoms with Crippen LogP contribution >= 0.6 is 11.6 Å². The number of benzene rings is 1. The summed E-state index contributed by atoms with van der Waals surface area (Å²) in [7, 11) is 1.76. The molecule has 2 bridgehead atoms. The zero-order valence-electron chi connectivity index (χ0n) is 18.8. The second-order valence-corrected chi connectivity index (χ2v) is 10.2. The van der Waals surface area contributed by atoms with E-state index in [0.717, 1.165) is 31.0 Å². The molecule has 7 nitrogen and oxygen atoms in total. The molecule has 6 rings (SSSR count). The summed E-state index contributed by atoms with van der Waals surface area (Å²) in [4.78, 5) is 12.3. The van der Waals surface area contributed by atoms with Crippen LogP contribution in [0.2, 0.25) is 5.02 Å². The van der Waals surface area contributed by atoms with Gasteiger partial charge < -0.3 is 14.8 Å².